The van der Waals surface area contributed by atoms with Crippen LogP contribution in [-0.2, 0) is 10.1 Å². The predicted octanol–water partition coefficient (Wildman–Crippen LogP) is 4.21. The van der Waals surface area contributed by atoms with Crippen molar-refractivity contribution in [2.24, 2.45) is 0 Å². The summed E-state index contributed by atoms with van der Waals surface area (Å²) >= 11 is 0. The van der Waals surface area contributed by atoms with Crippen LogP contribution in [0.1, 0.15) is 0 Å². The van der Waals surface area contributed by atoms with Gasteiger partial charge in [-0.1, -0.05) is 0 Å². The van der Waals surface area contributed by atoms with Crippen LogP contribution >= 0.6 is 0 Å². The second kappa shape index (κ2) is 12.0. The third-order valence-corrected chi connectivity index (χ3v) is 4.29. The zero-order chi connectivity index (χ0) is 27.3. The fourth-order valence-electron chi connectivity index (χ4n) is 1.75. The Kier molecular flexibility index (Phi) is 12.3. The highest BCUT2D eigenvalue weighted by atomic mass is 32.2. The quantitative estimate of drug-likeness (QED) is 0.299. The van der Waals surface area contributed by atoms with Gasteiger partial charge in [-0.05, 0) is 14.1 Å². The van der Waals surface area contributed by atoms with Crippen LogP contribution in [0.3, 0.4) is 0 Å². The molecule has 0 saturated heterocycles. The lowest BCUT2D eigenvalue weighted by Crippen LogP contribution is -2.65. The molecule has 0 aliphatic heterocycles. The van der Waals surface area contributed by atoms with Gasteiger partial charge in [-0.15, -0.1) is 0 Å². The number of halogens is 15. The second-order valence-electron chi connectivity index (χ2n) is 6.11. The van der Waals surface area contributed by atoms with E-state index < -0.39 is 76.8 Å². The van der Waals surface area contributed by atoms with Crippen molar-refractivity contribution in [1.82, 2.24) is 5.32 Å². The number of rotatable bonds is 11. The standard InChI is InChI=1S/C11H9F15O3S.C2H7N/c12-1(3(14)5(16)7(18)19)2(13)4(15)6(17)9(21,22)11(25,26)10(23,24)8(20)30(27,28)29;1-3-2/h1-8H,(H,27,28,29);3H,1-2H3. The summed E-state index contributed by atoms with van der Waals surface area (Å²) in [7, 11) is -3.10. The maximum atomic E-state index is 13.4. The molecule has 4 nitrogen and oxygen atoms in total. The lowest BCUT2D eigenvalue weighted by atomic mass is 9.93. The first-order valence-electron chi connectivity index (χ1n) is 7.93. The SMILES string of the molecule is CNC.O=S(=O)(O)C(F)C(F)(F)C(F)(F)C(F)(F)C(F)C(F)C(F)C(F)C(F)C(F)C(F)F. The Labute approximate surface area is 176 Å². The van der Waals surface area contributed by atoms with Crippen molar-refractivity contribution in [1.29, 1.82) is 0 Å². The molecule has 202 valence electrons. The molecule has 0 spiro atoms. The highest BCUT2D eigenvalue weighted by Crippen LogP contribution is 2.52. The van der Waals surface area contributed by atoms with Crippen molar-refractivity contribution in [2.75, 3.05) is 14.1 Å². The monoisotopic (exact) mass is 551 g/mol. The minimum Gasteiger partial charge on any atom is -0.323 e. The molecule has 20 heteroatoms. The summed E-state index contributed by atoms with van der Waals surface area (Å²) in [4.78, 5) is 0. The summed E-state index contributed by atoms with van der Waals surface area (Å²) < 4.78 is 223. The van der Waals surface area contributed by atoms with Crippen LogP contribution in [0, 0.1) is 0 Å². The van der Waals surface area contributed by atoms with Crippen molar-refractivity contribution >= 4 is 10.1 Å². The molecule has 0 radical (unpaired) electrons. The summed E-state index contributed by atoms with van der Waals surface area (Å²) in [6.45, 7) is 0. The Morgan fingerprint density at radius 2 is 0.939 bits per heavy atom. The van der Waals surface area contributed by atoms with Gasteiger partial charge >= 0.3 is 27.9 Å². The minimum absolute atomic E-state index is 1.88. The van der Waals surface area contributed by atoms with Gasteiger partial charge in [0.05, 0.1) is 0 Å². The molecule has 33 heavy (non-hydrogen) atoms. The second-order valence-corrected chi connectivity index (χ2v) is 7.55. The molecule has 0 aliphatic rings. The first kappa shape index (κ1) is 34.0. The van der Waals surface area contributed by atoms with Crippen LogP contribution in [0.2, 0.25) is 0 Å². The molecule has 0 heterocycles. The molecule has 0 bridgehead atoms. The molecule has 2 N–H and O–H groups in total. The van der Waals surface area contributed by atoms with Crippen molar-refractivity contribution in [2.45, 2.75) is 66.7 Å². The van der Waals surface area contributed by atoms with E-state index in [2.05, 4.69) is 5.32 Å². The molecular weight excluding hydrogens is 535 g/mol. The summed E-state index contributed by atoms with van der Waals surface area (Å²) in [6.07, 6.45) is -32.9. The average molecular weight is 551 g/mol. The highest BCUT2D eigenvalue weighted by molar-refractivity contribution is 7.86. The first-order chi connectivity index (χ1) is 14.5. The average Bonchev–Trinajstić information content (AvgIpc) is 2.68. The van der Waals surface area contributed by atoms with Crippen LogP contribution in [0.4, 0.5) is 65.9 Å². The number of nitrogens with one attached hydrogen (secondary N) is 1. The van der Waals surface area contributed by atoms with Gasteiger partial charge < -0.3 is 5.32 Å². The van der Waals surface area contributed by atoms with E-state index >= 15 is 0 Å². The lowest BCUT2D eigenvalue weighted by molar-refractivity contribution is -0.337. The Bertz CT molecular complexity index is 695. The molecule has 0 fully saturated rings. The molecule has 0 amide bonds. The topological polar surface area (TPSA) is 66.4 Å². The van der Waals surface area contributed by atoms with Crippen molar-refractivity contribution in [3.05, 3.63) is 0 Å². The molecule has 7 atom stereocenters. The van der Waals surface area contributed by atoms with Crippen molar-refractivity contribution in [3.8, 4) is 0 Å². The van der Waals surface area contributed by atoms with Gasteiger partial charge in [-0.25, -0.2) is 39.5 Å². The Morgan fingerprint density at radius 3 is 1.24 bits per heavy atom. The van der Waals surface area contributed by atoms with E-state index in [0.717, 1.165) is 0 Å². The Balaban J connectivity index is 0. The lowest BCUT2D eigenvalue weighted by Gasteiger charge is -2.36. The maximum absolute atomic E-state index is 13.4. The van der Waals surface area contributed by atoms with Crippen LogP contribution in [0.15, 0.2) is 0 Å². The van der Waals surface area contributed by atoms with E-state index in [-0.39, 0.29) is 0 Å². The first-order valence-corrected chi connectivity index (χ1v) is 9.43. The van der Waals surface area contributed by atoms with Gasteiger partial charge in [0.1, 0.15) is 0 Å². The van der Waals surface area contributed by atoms with Crippen molar-refractivity contribution < 1.29 is 78.8 Å². The predicted molar refractivity (Wildman–Crippen MR) is 81.6 cm³/mol. The fraction of sp³-hybridized carbons (Fsp3) is 1.00. The van der Waals surface area contributed by atoms with E-state index in [9.17, 15) is 74.3 Å². The van der Waals surface area contributed by atoms with Gasteiger partial charge in [-0.2, -0.15) is 34.8 Å². The number of hydrogen-bond donors (Lipinski definition) is 2. The van der Waals surface area contributed by atoms with E-state index in [1.165, 1.54) is 0 Å². The normalized spacial score (nSPS) is 20.2. The molecule has 7 unspecified atom stereocenters. The van der Waals surface area contributed by atoms with E-state index in [1.54, 1.807) is 0 Å². The maximum Gasteiger partial charge on any atom is 0.379 e. The third-order valence-electron chi connectivity index (χ3n) is 3.47. The number of hydrogen-bond acceptors (Lipinski definition) is 3. The van der Waals surface area contributed by atoms with E-state index in [0.29, 0.717) is 0 Å². The van der Waals surface area contributed by atoms with Crippen LogP contribution in [0.25, 0.3) is 0 Å². The van der Waals surface area contributed by atoms with Gasteiger partial charge in [0.2, 0.25) is 6.17 Å². The zero-order valence-electron chi connectivity index (χ0n) is 16.0. The van der Waals surface area contributed by atoms with Crippen LogP contribution in [-0.4, -0.2) is 93.8 Å². The van der Waals surface area contributed by atoms with E-state index in [1.807, 2.05) is 14.1 Å². The molecule has 0 aromatic rings. The largest absolute Gasteiger partial charge is 0.379 e. The smallest absolute Gasteiger partial charge is 0.323 e. The summed E-state index contributed by atoms with van der Waals surface area (Å²) in [6, 6.07) is 0. The Morgan fingerprint density at radius 1 is 0.636 bits per heavy atom. The summed E-state index contributed by atoms with van der Waals surface area (Å²) in [5, 5.41) is 2.75. The molecular formula is C13H16F15NO3S. The summed E-state index contributed by atoms with van der Waals surface area (Å²) in [5.41, 5.74) is -5.54. The van der Waals surface area contributed by atoms with Gasteiger partial charge in [-0.3, -0.25) is 4.55 Å². The van der Waals surface area contributed by atoms with Gasteiger partial charge in [0.15, 0.2) is 30.9 Å². The highest BCUT2D eigenvalue weighted by Gasteiger charge is 2.80. The zero-order valence-corrected chi connectivity index (χ0v) is 16.8. The third kappa shape index (κ3) is 7.40. The molecule has 0 saturated carbocycles. The molecule has 0 aromatic carbocycles. The van der Waals surface area contributed by atoms with Gasteiger partial charge in [0, 0.05) is 0 Å². The molecule has 0 aromatic heterocycles. The fourth-order valence-corrected chi connectivity index (χ4v) is 2.27. The van der Waals surface area contributed by atoms with Crippen molar-refractivity contribution in [3.63, 3.8) is 0 Å². The number of alkyl halides is 15. The van der Waals surface area contributed by atoms with E-state index in [4.69, 9.17) is 4.55 Å². The molecule has 0 aliphatic carbocycles. The van der Waals surface area contributed by atoms with Crippen LogP contribution in [0.5, 0.6) is 0 Å². The minimum atomic E-state index is -7.55. The Hall–Kier alpha value is -1.18. The van der Waals surface area contributed by atoms with Crippen LogP contribution < -0.4 is 5.32 Å². The van der Waals surface area contributed by atoms with Gasteiger partial charge in [0.25, 0.3) is 11.9 Å². The molecule has 0 rings (SSSR count). The summed E-state index contributed by atoms with van der Waals surface area (Å²) in [5.74, 6) is -22.0.